The summed E-state index contributed by atoms with van der Waals surface area (Å²) in [6, 6.07) is 4.63. The number of hydrogen-bond acceptors (Lipinski definition) is 5. The van der Waals surface area contributed by atoms with Crippen LogP contribution in [0.5, 0.6) is 5.75 Å². The van der Waals surface area contributed by atoms with Crippen LogP contribution < -0.4 is 4.74 Å². The van der Waals surface area contributed by atoms with Crippen molar-refractivity contribution in [1.29, 1.82) is 0 Å². The maximum absolute atomic E-state index is 12.2. The second-order valence-electron chi connectivity index (χ2n) is 5.90. The van der Waals surface area contributed by atoms with Crippen molar-refractivity contribution in [3.63, 3.8) is 0 Å². The molecule has 1 rings (SSSR count). The first-order valence-corrected chi connectivity index (χ1v) is 7.37. The van der Waals surface area contributed by atoms with E-state index in [4.69, 9.17) is 14.2 Å². The van der Waals surface area contributed by atoms with Crippen molar-refractivity contribution in [2.24, 2.45) is 11.8 Å². The topological polar surface area (TPSA) is 61.8 Å². The SMILES string of the molecule is COc1ccc(C(=O)OCC(C)C)c(C(=O)OCC(C)C)c1. The van der Waals surface area contributed by atoms with Crippen molar-refractivity contribution in [2.45, 2.75) is 27.7 Å². The Labute approximate surface area is 131 Å². The summed E-state index contributed by atoms with van der Waals surface area (Å²) in [6.45, 7) is 8.35. The molecule has 0 unspecified atom stereocenters. The van der Waals surface area contributed by atoms with Crippen molar-refractivity contribution in [1.82, 2.24) is 0 Å². The maximum atomic E-state index is 12.2. The summed E-state index contributed by atoms with van der Waals surface area (Å²) in [6.07, 6.45) is 0. The molecule has 0 amide bonds. The van der Waals surface area contributed by atoms with Gasteiger partial charge < -0.3 is 14.2 Å². The van der Waals surface area contributed by atoms with E-state index in [1.807, 2.05) is 27.7 Å². The van der Waals surface area contributed by atoms with Gasteiger partial charge in [0.15, 0.2) is 0 Å². The predicted octanol–water partition coefficient (Wildman–Crippen LogP) is 3.32. The number of ether oxygens (including phenoxy) is 3. The highest BCUT2D eigenvalue weighted by Crippen LogP contribution is 2.20. The zero-order valence-corrected chi connectivity index (χ0v) is 13.8. The lowest BCUT2D eigenvalue weighted by molar-refractivity contribution is 0.0412. The van der Waals surface area contributed by atoms with Crippen molar-refractivity contribution < 1.29 is 23.8 Å². The first kappa shape index (κ1) is 18.0. The number of benzene rings is 1. The van der Waals surface area contributed by atoms with Gasteiger partial charge in [0.25, 0.3) is 0 Å². The van der Waals surface area contributed by atoms with Gasteiger partial charge in [-0.2, -0.15) is 0 Å². The molecule has 5 nitrogen and oxygen atoms in total. The molecule has 0 spiro atoms. The van der Waals surface area contributed by atoms with Gasteiger partial charge in [0.05, 0.1) is 31.5 Å². The van der Waals surface area contributed by atoms with E-state index < -0.39 is 11.9 Å². The van der Waals surface area contributed by atoms with Gasteiger partial charge >= 0.3 is 11.9 Å². The quantitative estimate of drug-likeness (QED) is 0.723. The molecule has 1 aromatic carbocycles. The summed E-state index contributed by atoms with van der Waals surface area (Å²) in [5.41, 5.74) is 0.351. The molecule has 0 radical (unpaired) electrons. The second-order valence-corrected chi connectivity index (χ2v) is 5.90. The molecule has 0 heterocycles. The van der Waals surface area contributed by atoms with Gasteiger partial charge in [-0.25, -0.2) is 9.59 Å². The van der Waals surface area contributed by atoms with Crippen LogP contribution in [-0.2, 0) is 9.47 Å². The monoisotopic (exact) mass is 308 g/mol. The Bertz CT molecular complexity index is 520. The van der Waals surface area contributed by atoms with Gasteiger partial charge in [-0.1, -0.05) is 27.7 Å². The Kier molecular flexibility index (Phi) is 6.89. The molecule has 0 saturated heterocycles. The molecule has 1 aromatic rings. The van der Waals surface area contributed by atoms with Gasteiger partial charge in [-0.15, -0.1) is 0 Å². The van der Waals surface area contributed by atoms with Gasteiger partial charge in [0.2, 0.25) is 0 Å². The average Bonchev–Trinajstić information content (AvgIpc) is 2.49. The Balaban J connectivity index is 3.00. The minimum Gasteiger partial charge on any atom is -0.497 e. The Hall–Kier alpha value is -2.04. The van der Waals surface area contributed by atoms with Crippen LogP contribution in [0.3, 0.4) is 0 Å². The predicted molar refractivity (Wildman–Crippen MR) is 83.2 cm³/mol. The summed E-state index contributed by atoms with van der Waals surface area (Å²) in [4.78, 5) is 24.3. The Morgan fingerprint density at radius 2 is 1.41 bits per heavy atom. The molecule has 0 saturated carbocycles. The number of hydrogen-bond donors (Lipinski definition) is 0. The lowest BCUT2D eigenvalue weighted by Crippen LogP contribution is -2.17. The molecule has 5 heteroatoms. The molecule has 0 aromatic heterocycles. The van der Waals surface area contributed by atoms with Gasteiger partial charge in [0.1, 0.15) is 5.75 Å². The molecule has 0 aliphatic rings. The van der Waals surface area contributed by atoms with E-state index in [-0.39, 0.29) is 29.6 Å². The van der Waals surface area contributed by atoms with Gasteiger partial charge in [0, 0.05) is 0 Å². The highest BCUT2D eigenvalue weighted by molar-refractivity contribution is 6.03. The first-order valence-electron chi connectivity index (χ1n) is 7.37. The molecular weight excluding hydrogens is 284 g/mol. The maximum Gasteiger partial charge on any atom is 0.339 e. The summed E-state index contributed by atoms with van der Waals surface area (Å²) >= 11 is 0. The summed E-state index contributed by atoms with van der Waals surface area (Å²) in [5, 5.41) is 0. The zero-order chi connectivity index (χ0) is 16.7. The van der Waals surface area contributed by atoms with Crippen molar-refractivity contribution >= 4 is 11.9 Å². The van der Waals surface area contributed by atoms with Crippen molar-refractivity contribution in [2.75, 3.05) is 20.3 Å². The molecule has 22 heavy (non-hydrogen) atoms. The second kappa shape index (κ2) is 8.41. The molecule has 0 aliphatic carbocycles. The lowest BCUT2D eigenvalue weighted by Gasteiger charge is -2.13. The number of esters is 2. The van der Waals surface area contributed by atoms with Crippen LogP contribution in [0.1, 0.15) is 48.4 Å². The fraction of sp³-hybridized carbons (Fsp3) is 0.529. The number of carbonyl (C=O) groups excluding carboxylic acids is 2. The molecular formula is C17H24O5. The minimum absolute atomic E-state index is 0.161. The van der Waals surface area contributed by atoms with E-state index in [0.29, 0.717) is 12.4 Å². The summed E-state index contributed by atoms with van der Waals surface area (Å²) < 4.78 is 15.5. The van der Waals surface area contributed by atoms with E-state index in [9.17, 15) is 9.59 Å². The van der Waals surface area contributed by atoms with Crippen molar-refractivity contribution in [3.8, 4) is 5.75 Å². The van der Waals surface area contributed by atoms with E-state index in [1.165, 1.54) is 19.2 Å². The van der Waals surface area contributed by atoms with E-state index in [0.717, 1.165) is 0 Å². The van der Waals surface area contributed by atoms with Crippen molar-refractivity contribution in [3.05, 3.63) is 29.3 Å². The van der Waals surface area contributed by atoms with Gasteiger partial charge in [-0.05, 0) is 30.0 Å². The number of carbonyl (C=O) groups is 2. The van der Waals surface area contributed by atoms with Gasteiger partial charge in [-0.3, -0.25) is 0 Å². The van der Waals surface area contributed by atoms with Crippen LogP contribution in [0.4, 0.5) is 0 Å². The zero-order valence-electron chi connectivity index (χ0n) is 13.8. The molecule has 0 fully saturated rings. The molecule has 0 N–H and O–H groups in total. The standard InChI is InChI=1S/C17H24O5/c1-11(2)9-21-16(18)14-7-6-13(20-5)8-15(14)17(19)22-10-12(3)4/h6-8,11-12H,9-10H2,1-5H3. The summed E-state index contributed by atoms with van der Waals surface area (Å²) in [5.74, 6) is -0.168. The van der Waals surface area contributed by atoms with Crippen LogP contribution >= 0.6 is 0 Å². The van der Waals surface area contributed by atoms with E-state index >= 15 is 0 Å². The summed E-state index contributed by atoms with van der Waals surface area (Å²) in [7, 11) is 1.50. The van der Waals surface area contributed by atoms with Crippen LogP contribution in [-0.4, -0.2) is 32.3 Å². The highest BCUT2D eigenvalue weighted by atomic mass is 16.5. The first-order chi connectivity index (χ1) is 10.3. The smallest absolute Gasteiger partial charge is 0.339 e. The molecule has 0 atom stereocenters. The number of methoxy groups -OCH3 is 1. The fourth-order valence-corrected chi connectivity index (χ4v) is 1.64. The third-order valence-electron chi connectivity index (χ3n) is 2.76. The third-order valence-corrected chi connectivity index (χ3v) is 2.76. The Morgan fingerprint density at radius 1 is 0.909 bits per heavy atom. The molecule has 122 valence electrons. The van der Waals surface area contributed by atoms with E-state index in [1.54, 1.807) is 6.07 Å². The fourth-order valence-electron chi connectivity index (χ4n) is 1.64. The molecule has 0 bridgehead atoms. The van der Waals surface area contributed by atoms with E-state index in [2.05, 4.69) is 0 Å². The highest BCUT2D eigenvalue weighted by Gasteiger charge is 2.21. The molecule has 0 aliphatic heterocycles. The lowest BCUT2D eigenvalue weighted by atomic mass is 10.1. The minimum atomic E-state index is -0.552. The van der Waals surface area contributed by atoms with Crippen LogP contribution in [0, 0.1) is 11.8 Å². The van der Waals surface area contributed by atoms with Crippen LogP contribution in [0.25, 0.3) is 0 Å². The number of rotatable bonds is 7. The largest absolute Gasteiger partial charge is 0.497 e. The van der Waals surface area contributed by atoms with Crippen LogP contribution in [0.2, 0.25) is 0 Å². The third kappa shape index (κ3) is 5.39. The Morgan fingerprint density at radius 3 is 1.86 bits per heavy atom. The average molecular weight is 308 g/mol. The van der Waals surface area contributed by atoms with Crippen LogP contribution in [0.15, 0.2) is 18.2 Å². The normalized spacial score (nSPS) is 10.7.